The van der Waals surface area contributed by atoms with Crippen LogP contribution in [-0.4, -0.2) is 6.10 Å². The zero-order chi connectivity index (χ0) is 14.7. The van der Waals surface area contributed by atoms with Crippen molar-refractivity contribution in [2.45, 2.75) is 31.4 Å². The van der Waals surface area contributed by atoms with E-state index in [9.17, 15) is 4.39 Å². The lowest BCUT2D eigenvalue weighted by molar-refractivity contribution is 0.302. The van der Waals surface area contributed by atoms with Gasteiger partial charge in [0.05, 0.1) is 12.1 Å². The molecule has 3 N–H and O–H groups in total. The van der Waals surface area contributed by atoms with Crippen molar-refractivity contribution >= 4 is 0 Å². The number of benzene rings is 2. The van der Waals surface area contributed by atoms with Crippen LogP contribution in [0.2, 0.25) is 0 Å². The lowest BCUT2D eigenvalue weighted by atomic mass is 9.99. The van der Waals surface area contributed by atoms with Gasteiger partial charge in [-0.1, -0.05) is 30.3 Å². The van der Waals surface area contributed by atoms with E-state index in [2.05, 4.69) is 5.43 Å². The molecule has 1 saturated carbocycles. The average Bonchev–Trinajstić information content (AvgIpc) is 3.31. The summed E-state index contributed by atoms with van der Waals surface area (Å²) >= 11 is 0. The molecule has 0 bridgehead atoms. The van der Waals surface area contributed by atoms with Crippen LogP contribution < -0.4 is 16.0 Å². The van der Waals surface area contributed by atoms with Gasteiger partial charge in [0.2, 0.25) is 0 Å². The summed E-state index contributed by atoms with van der Waals surface area (Å²) in [6, 6.07) is 14.5. The second-order valence-electron chi connectivity index (χ2n) is 5.40. The minimum absolute atomic E-state index is 0.148. The van der Waals surface area contributed by atoms with Crippen LogP contribution in [0.1, 0.15) is 30.0 Å². The number of nitrogens with one attached hydrogen (secondary N) is 1. The average molecular weight is 286 g/mol. The van der Waals surface area contributed by atoms with E-state index < -0.39 is 0 Å². The van der Waals surface area contributed by atoms with Gasteiger partial charge in [0.1, 0.15) is 11.6 Å². The van der Waals surface area contributed by atoms with E-state index >= 15 is 0 Å². The standard InChI is InChI=1S/C17H19FN2O/c18-16-7-2-1-4-12(16)11-17(20-19)13-5-3-6-15(10-13)21-14-8-9-14/h1-7,10,14,17,20H,8-9,11,19H2. The summed E-state index contributed by atoms with van der Waals surface area (Å²) in [6.45, 7) is 0. The summed E-state index contributed by atoms with van der Waals surface area (Å²) in [5.41, 5.74) is 4.41. The van der Waals surface area contributed by atoms with Crippen molar-refractivity contribution in [1.29, 1.82) is 0 Å². The number of hydrogen-bond donors (Lipinski definition) is 2. The van der Waals surface area contributed by atoms with Gasteiger partial charge in [-0.25, -0.2) is 4.39 Å². The SMILES string of the molecule is NNC(Cc1ccccc1F)c1cccc(OC2CC2)c1. The van der Waals surface area contributed by atoms with Crippen LogP contribution >= 0.6 is 0 Å². The lowest BCUT2D eigenvalue weighted by Crippen LogP contribution is -2.29. The van der Waals surface area contributed by atoms with E-state index in [-0.39, 0.29) is 11.9 Å². The van der Waals surface area contributed by atoms with Crippen molar-refractivity contribution in [3.8, 4) is 5.75 Å². The summed E-state index contributed by atoms with van der Waals surface area (Å²) < 4.78 is 19.6. The third-order valence-electron chi connectivity index (χ3n) is 3.67. The van der Waals surface area contributed by atoms with Crippen molar-refractivity contribution in [2.24, 2.45) is 5.84 Å². The van der Waals surface area contributed by atoms with Gasteiger partial charge in [-0.15, -0.1) is 0 Å². The molecule has 0 heterocycles. The Morgan fingerprint density at radius 1 is 1.19 bits per heavy atom. The first-order valence-electron chi connectivity index (χ1n) is 7.22. The highest BCUT2D eigenvalue weighted by molar-refractivity contribution is 5.32. The molecule has 4 heteroatoms. The predicted molar refractivity (Wildman–Crippen MR) is 80.3 cm³/mol. The van der Waals surface area contributed by atoms with E-state index in [0.29, 0.717) is 18.1 Å². The van der Waals surface area contributed by atoms with E-state index in [4.69, 9.17) is 10.6 Å². The maximum atomic E-state index is 13.8. The van der Waals surface area contributed by atoms with Crippen LogP contribution in [0.4, 0.5) is 4.39 Å². The molecular weight excluding hydrogens is 267 g/mol. The fourth-order valence-electron chi connectivity index (χ4n) is 2.34. The van der Waals surface area contributed by atoms with E-state index in [1.807, 2.05) is 30.3 Å². The van der Waals surface area contributed by atoms with Gasteiger partial charge >= 0.3 is 0 Å². The van der Waals surface area contributed by atoms with Crippen molar-refractivity contribution < 1.29 is 9.13 Å². The second-order valence-corrected chi connectivity index (χ2v) is 5.40. The minimum atomic E-state index is -0.205. The molecule has 1 atom stereocenters. The molecule has 0 spiro atoms. The van der Waals surface area contributed by atoms with Crippen LogP contribution in [0.3, 0.4) is 0 Å². The Kier molecular flexibility index (Phi) is 4.18. The molecule has 3 nitrogen and oxygen atoms in total. The molecule has 1 aliphatic rings. The molecule has 1 aliphatic carbocycles. The molecule has 0 aliphatic heterocycles. The molecule has 0 saturated heterocycles. The van der Waals surface area contributed by atoms with Gasteiger partial charge in [0.25, 0.3) is 0 Å². The Morgan fingerprint density at radius 3 is 2.71 bits per heavy atom. The van der Waals surface area contributed by atoms with Crippen molar-refractivity contribution in [1.82, 2.24) is 5.43 Å². The fourth-order valence-corrected chi connectivity index (χ4v) is 2.34. The Balaban J connectivity index is 1.77. The van der Waals surface area contributed by atoms with Crippen LogP contribution in [0.15, 0.2) is 48.5 Å². The Morgan fingerprint density at radius 2 is 2.00 bits per heavy atom. The first-order valence-corrected chi connectivity index (χ1v) is 7.22. The molecule has 2 aromatic rings. The van der Waals surface area contributed by atoms with E-state index in [1.54, 1.807) is 12.1 Å². The quantitative estimate of drug-likeness (QED) is 0.633. The van der Waals surface area contributed by atoms with Gasteiger partial charge < -0.3 is 4.74 Å². The molecule has 1 fully saturated rings. The molecule has 0 aromatic heterocycles. The van der Waals surface area contributed by atoms with Crippen molar-refractivity contribution in [2.75, 3.05) is 0 Å². The molecule has 110 valence electrons. The second kappa shape index (κ2) is 6.24. The first-order chi connectivity index (χ1) is 10.3. The molecule has 0 amide bonds. The van der Waals surface area contributed by atoms with Crippen LogP contribution in [-0.2, 0) is 6.42 Å². The molecular formula is C17H19FN2O. The van der Waals surface area contributed by atoms with Gasteiger partial charge in [-0.3, -0.25) is 11.3 Å². The largest absolute Gasteiger partial charge is 0.490 e. The Bertz CT molecular complexity index is 613. The third-order valence-corrected chi connectivity index (χ3v) is 3.67. The lowest BCUT2D eigenvalue weighted by Gasteiger charge is -2.18. The highest BCUT2D eigenvalue weighted by Crippen LogP contribution is 2.29. The summed E-state index contributed by atoms with van der Waals surface area (Å²) in [6.07, 6.45) is 3.10. The van der Waals surface area contributed by atoms with Crippen molar-refractivity contribution in [3.63, 3.8) is 0 Å². The molecule has 1 unspecified atom stereocenters. The highest BCUT2D eigenvalue weighted by Gasteiger charge is 2.23. The first kappa shape index (κ1) is 14.0. The summed E-state index contributed by atoms with van der Waals surface area (Å²) in [5.74, 6) is 6.30. The number of nitrogens with two attached hydrogens (primary N) is 1. The van der Waals surface area contributed by atoms with Crippen LogP contribution in [0.5, 0.6) is 5.75 Å². The maximum absolute atomic E-state index is 13.8. The summed E-state index contributed by atoms with van der Waals surface area (Å²) in [5, 5.41) is 0. The van der Waals surface area contributed by atoms with Crippen LogP contribution in [0.25, 0.3) is 0 Å². The van der Waals surface area contributed by atoms with Gasteiger partial charge in [-0.2, -0.15) is 0 Å². The van der Waals surface area contributed by atoms with Crippen LogP contribution in [0, 0.1) is 5.82 Å². The Labute approximate surface area is 123 Å². The number of hydrazine groups is 1. The van der Waals surface area contributed by atoms with Gasteiger partial charge in [0, 0.05) is 0 Å². The number of halogens is 1. The molecule has 2 aromatic carbocycles. The number of hydrogen-bond acceptors (Lipinski definition) is 3. The van der Waals surface area contributed by atoms with Gasteiger partial charge in [0.15, 0.2) is 0 Å². The highest BCUT2D eigenvalue weighted by atomic mass is 19.1. The van der Waals surface area contributed by atoms with Gasteiger partial charge in [-0.05, 0) is 48.6 Å². The van der Waals surface area contributed by atoms with E-state index in [1.165, 1.54) is 6.07 Å². The smallest absolute Gasteiger partial charge is 0.126 e. The normalized spacial score (nSPS) is 15.7. The summed E-state index contributed by atoms with van der Waals surface area (Å²) in [7, 11) is 0. The topological polar surface area (TPSA) is 47.3 Å². The fraction of sp³-hybridized carbons (Fsp3) is 0.294. The summed E-state index contributed by atoms with van der Waals surface area (Å²) in [4.78, 5) is 0. The predicted octanol–water partition coefficient (Wildman–Crippen LogP) is 3.11. The zero-order valence-electron chi connectivity index (χ0n) is 11.8. The maximum Gasteiger partial charge on any atom is 0.126 e. The number of ether oxygens (including phenoxy) is 1. The Hall–Kier alpha value is -1.91. The molecule has 21 heavy (non-hydrogen) atoms. The third kappa shape index (κ3) is 3.60. The van der Waals surface area contributed by atoms with E-state index in [0.717, 1.165) is 24.2 Å². The minimum Gasteiger partial charge on any atom is -0.490 e. The number of rotatable bonds is 6. The monoisotopic (exact) mass is 286 g/mol. The van der Waals surface area contributed by atoms with Crippen molar-refractivity contribution in [3.05, 3.63) is 65.5 Å². The molecule has 3 rings (SSSR count). The molecule has 0 radical (unpaired) electrons. The zero-order valence-corrected chi connectivity index (χ0v) is 11.8.